The van der Waals surface area contributed by atoms with Crippen molar-refractivity contribution in [2.24, 2.45) is 0 Å². The van der Waals surface area contributed by atoms with Gasteiger partial charge < -0.3 is 20.7 Å². The molecule has 2 unspecified atom stereocenters. The molecule has 0 amide bonds. The van der Waals surface area contributed by atoms with E-state index in [0.717, 1.165) is 0 Å². The number of hydrogen-bond donors (Lipinski definition) is 3. The Balaban J connectivity index is 2.05. The smallest absolute Gasteiger partial charge is 0.127 e. The molecule has 0 spiro atoms. The van der Waals surface area contributed by atoms with Crippen LogP contribution in [0.25, 0.3) is 0 Å². The van der Waals surface area contributed by atoms with Crippen molar-refractivity contribution in [1.29, 1.82) is 5.26 Å². The van der Waals surface area contributed by atoms with Crippen LogP contribution in [0.15, 0.2) is 48.5 Å². The van der Waals surface area contributed by atoms with Gasteiger partial charge in [0.2, 0.25) is 0 Å². The maximum atomic E-state index is 9.88. The summed E-state index contributed by atoms with van der Waals surface area (Å²) < 4.78 is 5.62. The van der Waals surface area contributed by atoms with Crippen molar-refractivity contribution in [2.45, 2.75) is 18.6 Å². The van der Waals surface area contributed by atoms with E-state index >= 15 is 0 Å². The summed E-state index contributed by atoms with van der Waals surface area (Å²) in [6.45, 7) is 0. The van der Waals surface area contributed by atoms with Crippen LogP contribution in [0, 0.1) is 11.3 Å². The van der Waals surface area contributed by atoms with Crippen molar-refractivity contribution in [3.63, 3.8) is 0 Å². The normalized spacial score (nSPS) is 13.2. The van der Waals surface area contributed by atoms with Gasteiger partial charge in [0, 0.05) is 5.69 Å². The highest BCUT2D eigenvalue weighted by Crippen LogP contribution is 2.25. The zero-order chi connectivity index (χ0) is 15.2. The molecule has 21 heavy (non-hydrogen) atoms. The van der Waals surface area contributed by atoms with Gasteiger partial charge in [0.25, 0.3) is 0 Å². The van der Waals surface area contributed by atoms with E-state index in [1.807, 2.05) is 6.07 Å². The largest absolute Gasteiger partial charge is 0.457 e. The molecular formula is C16H16N2O3. The fourth-order valence-corrected chi connectivity index (χ4v) is 1.83. The zero-order valence-corrected chi connectivity index (χ0v) is 11.3. The number of nitrogens with two attached hydrogens (primary N) is 1. The standard InChI is InChI=1S/C16H16N2O3/c17-10-9-15(19)16(20)11-1-5-13(6-2-11)21-14-7-3-12(18)4-8-14/h1-8,15-16,19-20H,9,18H2. The number of ether oxygens (including phenoxy) is 1. The van der Waals surface area contributed by atoms with E-state index < -0.39 is 12.2 Å². The van der Waals surface area contributed by atoms with E-state index in [2.05, 4.69) is 0 Å². The van der Waals surface area contributed by atoms with Crippen molar-refractivity contribution < 1.29 is 14.9 Å². The topological polar surface area (TPSA) is 99.5 Å². The Bertz CT molecular complexity index is 617. The first-order chi connectivity index (χ1) is 10.1. The Morgan fingerprint density at radius 2 is 1.52 bits per heavy atom. The number of nitrogen functional groups attached to an aromatic ring is 1. The average Bonchev–Trinajstić information content (AvgIpc) is 2.50. The number of rotatable bonds is 5. The predicted octanol–water partition coefficient (Wildman–Crippen LogP) is 2.37. The number of hydrogen-bond acceptors (Lipinski definition) is 5. The lowest BCUT2D eigenvalue weighted by molar-refractivity contribution is 0.0216. The molecule has 0 heterocycles. The molecule has 108 valence electrons. The molecule has 0 aromatic heterocycles. The van der Waals surface area contributed by atoms with E-state index in [0.29, 0.717) is 22.7 Å². The SMILES string of the molecule is N#CCC(O)C(O)c1ccc(Oc2ccc(N)cc2)cc1. The van der Waals surface area contributed by atoms with Crippen molar-refractivity contribution in [1.82, 2.24) is 0 Å². The fraction of sp³-hybridized carbons (Fsp3) is 0.188. The Morgan fingerprint density at radius 1 is 1.00 bits per heavy atom. The van der Waals surface area contributed by atoms with Crippen LogP contribution < -0.4 is 10.5 Å². The van der Waals surface area contributed by atoms with Gasteiger partial charge in [0.1, 0.15) is 17.6 Å². The van der Waals surface area contributed by atoms with Crippen LogP contribution in [0.5, 0.6) is 11.5 Å². The van der Waals surface area contributed by atoms with Crippen LogP contribution in [-0.4, -0.2) is 16.3 Å². The van der Waals surface area contributed by atoms with Gasteiger partial charge in [0.05, 0.1) is 18.6 Å². The molecule has 2 aromatic rings. The maximum Gasteiger partial charge on any atom is 0.127 e. The first-order valence-corrected chi connectivity index (χ1v) is 6.46. The summed E-state index contributed by atoms with van der Waals surface area (Å²) in [5.41, 5.74) is 6.79. The Labute approximate surface area is 122 Å². The minimum absolute atomic E-state index is 0.120. The number of anilines is 1. The molecule has 0 aliphatic carbocycles. The van der Waals surface area contributed by atoms with Gasteiger partial charge in [-0.25, -0.2) is 0 Å². The van der Waals surface area contributed by atoms with Gasteiger partial charge >= 0.3 is 0 Å². The minimum atomic E-state index is -1.10. The highest BCUT2D eigenvalue weighted by molar-refractivity contribution is 5.43. The van der Waals surface area contributed by atoms with Crippen molar-refractivity contribution in [3.05, 3.63) is 54.1 Å². The molecule has 0 saturated carbocycles. The molecule has 0 aliphatic heterocycles. The number of aliphatic hydroxyl groups excluding tert-OH is 2. The number of benzene rings is 2. The van der Waals surface area contributed by atoms with Crippen molar-refractivity contribution >= 4 is 5.69 Å². The Kier molecular flexibility index (Phi) is 4.77. The van der Waals surface area contributed by atoms with Gasteiger partial charge in [0.15, 0.2) is 0 Å². The third-order valence-corrected chi connectivity index (χ3v) is 3.00. The second kappa shape index (κ2) is 6.75. The summed E-state index contributed by atoms with van der Waals surface area (Å²) in [6, 6.07) is 15.5. The molecule has 4 N–H and O–H groups in total. The monoisotopic (exact) mass is 284 g/mol. The van der Waals surface area contributed by atoms with Crippen molar-refractivity contribution in [3.8, 4) is 17.6 Å². The van der Waals surface area contributed by atoms with Gasteiger partial charge in [-0.1, -0.05) is 12.1 Å². The van der Waals surface area contributed by atoms with E-state index in [-0.39, 0.29) is 6.42 Å². The molecule has 2 atom stereocenters. The Morgan fingerprint density at radius 3 is 2.05 bits per heavy atom. The Hall–Kier alpha value is -2.55. The lowest BCUT2D eigenvalue weighted by Crippen LogP contribution is -2.17. The molecule has 2 rings (SSSR count). The van der Waals surface area contributed by atoms with Crippen LogP contribution in [0.3, 0.4) is 0 Å². The number of nitriles is 1. The molecule has 0 bridgehead atoms. The summed E-state index contributed by atoms with van der Waals surface area (Å²) in [7, 11) is 0. The van der Waals surface area contributed by atoms with E-state index in [1.165, 1.54) is 0 Å². The third kappa shape index (κ3) is 3.96. The van der Waals surface area contributed by atoms with Gasteiger partial charge in [-0.05, 0) is 42.0 Å². The molecule has 0 fully saturated rings. The lowest BCUT2D eigenvalue weighted by Gasteiger charge is -2.16. The van der Waals surface area contributed by atoms with Crippen molar-refractivity contribution in [2.75, 3.05) is 5.73 Å². The summed E-state index contributed by atoms with van der Waals surface area (Å²) in [5, 5.41) is 28.0. The maximum absolute atomic E-state index is 9.88. The first-order valence-electron chi connectivity index (χ1n) is 6.46. The minimum Gasteiger partial charge on any atom is -0.457 e. The summed E-state index contributed by atoms with van der Waals surface area (Å²) in [4.78, 5) is 0. The molecule has 0 saturated heterocycles. The molecule has 5 nitrogen and oxygen atoms in total. The molecule has 0 radical (unpaired) electrons. The quantitative estimate of drug-likeness (QED) is 0.732. The molecule has 5 heteroatoms. The van der Waals surface area contributed by atoms with Crippen LogP contribution in [0.4, 0.5) is 5.69 Å². The molecule has 2 aromatic carbocycles. The third-order valence-electron chi connectivity index (χ3n) is 3.00. The second-order valence-corrected chi connectivity index (χ2v) is 4.61. The molecule has 0 aliphatic rings. The highest BCUT2D eigenvalue weighted by atomic mass is 16.5. The van der Waals surface area contributed by atoms with E-state index in [9.17, 15) is 10.2 Å². The lowest BCUT2D eigenvalue weighted by atomic mass is 10.0. The van der Waals surface area contributed by atoms with E-state index in [1.54, 1.807) is 48.5 Å². The predicted molar refractivity (Wildman–Crippen MR) is 78.6 cm³/mol. The number of nitrogens with zero attached hydrogens (tertiary/aromatic N) is 1. The van der Waals surface area contributed by atoms with Gasteiger partial charge in [-0.2, -0.15) is 5.26 Å². The zero-order valence-electron chi connectivity index (χ0n) is 11.3. The van der Waals surface area contributed by atoms with Gasteiger partial charge in [-0.3, -0.25) is 0 Å². The first kappa shape index (κ1) is 14.9. The van der Waals surface area contributed by atoms with Gasteiger partial charge in [-0.15, -0.1) is 0 Å². The van der Waals surface area contributed by atoms with Crippen LogP contribution in [0.1, 0.15) is 18.1 Å². The highest BCUT2D eigenvalue weighted by Gasteiger charge is 2.17. The summed E-state index contributed by atoms with van der Waals surface area (Å²) in [6.07, 6.45) is -2.31. The number of aliphatic hydroxyl groups is 2. The van der Waals surface area contributed by atoms with Crippen LogP contribution >= 0.6 is 0 Å². The second-order valence-electron chi connectivity index (χ2n) is 4.61. The summed E-state index contributed by atoms with van der Waals surface area (Å²) >= 11 is 0. The van der Waals surface area contributed by atoms with Crippen LogP contribution in [0.2, 0.25) is 0 Å². The van der Waals surface area contributed by atoms with E-state index in [4.69, 9.17) is 15.7 Å². The van der Waals surface area contributed by atoms with Crippen LogP contribution in [-0.2, 0) is 0 Å². The molecular weight excluding hydrogens is 268 g/mol. The summed E-state index contributed by atoms with van der Waals surface area (Å²) in [5.74, 6) is 1.26. The fourth-order valence-electron chi connectivity index (χ4n) is 1.83. The average molecular weight is 284 g/mol.